The number of rotatable bonds is 7. The molecular weight excluding hydrogens is 412 g/mol. The van der Waals surface area contributed by atoms with Crippen LogP contribution in [-0.4, -0.2) is 58.8 Å². The number of hydrogen-bond donors (Lipinski definition) is 2. The molecule has 0 aromatic carbocycles. The van der Waals surface area contributed by atoms with Gasteiger partial charge in [0.25, 0.3) is 11.5 Å². The molecule has 4 rings (SSSR count). The summed E-state index contributed by atoms with van der Waals surface area (Å²) in [4.78, 5) is 46.4. The number of hydrogen-bond acceptors (Lipinski definition) is 6. The Morgan fingerprint density at radius 2 is 2.00 bits per heavy atom. The molecule has 1 amide bonds. The molecule has 11 nitrogen and oxygen atoms in total. The maximum absolute atomic E-state index is 12.4. The lowest BCUT2D eigenvalue weighted by Crippen LogP contribution is -2.44. The first-order valence-electron chi connectivity index (χ1n) is 11.1. The minimum atomic E-state index is -0.411. The number of amides is 1. The normalized spacial score (nSPS) is 15.5. The van der Waals surface area contributed by atoms with Gasteiger partial charge >= 0.3 is 5.69 Å². The maximum atomic E-state index is 12.4. The Morgan fingerprint density at radius 1 is 1.25 bits per heavy atom. The second-order valence-electron chi connectivity index (χ2n) is 8.45. The SMILES string of the molecule is CCCCn1c(=O)[nH]c(=O)c2c1nc(CN1CCC(NC(=O)c3cnn(C)c3)CC1)n2C. The number of carbonyl (C=O) groups is 1. The summed E-state index contributed by atoms with van der Waals surface area (Å²) in [5.41, 5.74) is 0.619. The molecule has 32 heavy (non-hydrogen) atoms. The molecule has 1 aliphatic rings. The number of aryl methyl sites for hydroxylation is 3. The minimum Gasteiger partial charge on any atom is -0.349 e. The third-order valence-electron chi connectivity index (χ3n) is 6.10. The number of aromatic nitrogens is 6. The number of imidazole rings is 1. The van der Waals surface area contributed by atoms with E-state index in [1.165, 1.54) is 0 Å². The van der Waals surface area contributed by atoms with E-state index in [-0.39, 0.29) is 11.9 Å². The zero-order valence-corrected chi connectivity index (χ0v) is 18.8. The first kappa shape index (κ1) is 22.0. The summed E-state index contributed by atoms with van der Waals surface area (Å²) in [6, 6.07) is 0.112. The third kappa shape index (κ3) is 4.38. The van der Waals surface area contributed by atoms with E-state index in [0.717, 1.165) is 44.6 Å². The number of nitrogens with one attached hydrogen (secondary N) is 2. The van der Waals surface area contributed by atoms with Gasteiger partial charge in [0.05, 0.1) is 18.3 Å². The van der Waals surface area contributed by atoms with Crippen LogP contribution in [0.4, 0.5) is 0 Å². The fourth-order valence-corrected chi connectivity index (χ4v) is 4.20. The van der Waals surface area contributed by atoms with Gasteiger partial charge in [-0.25, -0.2) is 9.78 Å². The number of likely N-dealkylation sites (tertiary alicyclic amines) is 1. The topological polar surface area (TPSA) is 123 Å². The average molecular weight is 443 g/mol. The number of aromatic amines is 1. The Hall–Kier alpha value is -3.21. The van der Waals surface area contributed by atoms with E-state index in [1.807, 2.05) is 7.05 Å². The Balaban J connectivity index is 1.44. The molecule has 11 heteroatoms. The number of fused-ring (bicyclic) bond motifs is 1. The maximum Gasteiger partial charge on any atom is 0.330 e. The molecule has 2 N–H and O–H groups in total. The Morgan fingerprint density at radius 3 is 2.66 bits per heavy atom. The van der Waals surface area contributed by atoms with Crippen LogP contribution in [-0.2, 0) is 27.2 Å². The Bertz CT molecular complexity index is 1230. The molecule has 172 valence electrons. The van der Waals surface area contributed by atoms with Crippen molar-refractivity contribution in [3.05, 3.63) is 44.6 Å². The van der Waals surface area contributed by atoms with Gasteiger partial charge in [-0.3, -0.25) is 28.7 Å². The van der Waals surface area contributed by atoms with Crippen LogP contribution in [0.5, 0.6) is 0 Å². The molecule has 0 atom stereocenters. The lowest BCUT2D eigenvalue weighted by Gasteiger charge is -2.31. The van der Waals surface area contributed by atoms with Gasteiger partial charge in [0, 0.05) is 46.0 Å². The molecule has 1 saturated heterocycles. The summed E-state index contributed by atoms with van der Waals surface area (Å²) in [5, 5.41) is 7.13. The van der Waals surface area contributed by atoms with Crippen molar-refractivity contribution in [1.82, 2.24) is 39.1 Å². The van der Waals surface area contributed by atoms with Gasteiger partial charge < -0.3 is 9.88 Å². The van der Waals surface area contributed by atoms with Crippen molar-refractivity contribution in [3.63, 3.8) is 0 Å². The molecule has 0 spiro atoms. The number of unbranched alkanes of at least 4 members (excludes halogenated alkanes) is 1. The van der Waals surface area contributed by atoms with Crippen LogP contribution in [0, 0.1) is 0 Å². The number of H-pyrrole nitrogens is 1. The summed E-state index contributed by atoms with van der Waals surface area (Å²) >= 11 is 0. The molecule has 0 radical (unpaired) electrons. The molecule has 1 aliphatic heterocycles. The molecule has 0 bridgehead atoms. The largest absolute Gasteiger partial charge is 0.349 e. The van der Waals surface area contributed by atoms with Crippen LogP contribution < -0.4 is 16.6 Å². The van der Waals surface area contributed by atoms with Gasteiger partial charge in [-0.15, -0.1) is 0 Å². The highest BCUT2D eigenvalue weighted by Crippen LogP contribution is 2.16. The molecule has 3 aromatic heterocycles. The van der Waals surface area contributed by atoms with Crippen molar-refractivity contribution < 1.29 is 4.79 Å². The van der Waals surface area contributed by atoms with E-state index >= 15 is 0 Å². The van der Waals surface area contributed by atoms with Crippen LogP contribution in [0.25, 0.3) is 11.2 Å². The predicted molar refractivity (Wildman–Crippen MR) is 119 cm³/mol. The van der Waals surface area contributed by atoms with Gasteiger partial charge in [0.15, 0.2) is 11.2 Å². The molecule has 3 aromatic rings. The highest BCUT2D eigenvalue weighted by Gasteiger charge is 2.24. The quantitative estimate of drug-likeness (QED) is 0.544. The highest BCUT2D eigenvalue weighted by atomic mass is 16.2. The Labute approximate surface area is 185 Å². The second-order valence-corrected chi connectivity index (χ2v) is 8.45. The van der Waals surface area contributed by atoms with Gasteiger partial charge in [0.1, 0.15) is 5.82 Å². The zero-order valence-electron chi connectivity index (χ0n) is 18.8. The van der Waals surface area contributed by atoms with E-state index in [1.54, 1.807) is 33.3 Å². The number of piperidine rings is 1. The van der Waals surface area contributed by atoms with E-state index < -0.39 is 11.2 Å². The van der Waals surface area contributed by atoms with Gasteiger partial charge in [0.2, 0.25) is 0 Å². The van der Waals surface area contributed by atoms with Crippen molar-refractivity contribution in [2.24, 2.45) is 14.1 Å². The van der Waals surface area contributed by atoms with E-state index in [2.05, 4.69) is 32.2 Å². The standard InChI is InChI=1S/C21H30N8O3/c1-4-5-8-29-18-17(20(31)25-21(29)32)27(3)16(24-18)13-28-9-6-15(7-10-28)23-19(30)14-11-22-26(2)12-14/h11-12,15H,4-10,13H2,1-3H3,(H,23,30)(H,25,31,32). The first-order valence-corrected chi connectivity index (χ1v) is 11.1. The van der Waals surface area contributed by atoms with Crippen molar-refractivity contribution in [1.29, 1.82) is 0 Å². The average Bonchev–Trinajstić information content (AvgIpc) is 3.33. The van der Waals surface area contributed by atoms with E-state index in [9.17, 15) is 14.4 Å². The number of carbonyl (C=O) groups excluding carboxylic acids is 1. The highest BCUT2D eigenvalue weighted by molar-refractivity contribution is 5.93. The van der Waals surface area contributed by atoms with Gasteiger partial charge in [-0.2, -0.15) is 5.10 Å². The van der Waals surface area contributed by atoms with E-state index in [0.29, 0.717) is 29.8 Å². The molecule has 0 saturated carbocycles. The third-order valence-corrected chi connectivity index (χ3v) is 6.10. The summed E-state index contributed by atoms with van der Waals surface area (Å²) in [6.07, 6.45) is 6.72. The fourth-order valence-electron chi connectivity index (χ4n) is 4.20. The monoisotopic (exact) mass is 442 g/mol. The van der Waals surface area contributed by atoms with Gasteiger partial charge in [-0.1, -0.05) is 13.3 Å². The molecule has 0 aliphatic carbocycles. The molecular formula is C21H30N8O3. The number of nitrogens with zero attached hydrogens (tertiary/aromatic N) is 6. The first-order chi connectivity index (χ1) is 15.4. The lowest BCUT2D eigenvalue weighted by molar-refractivity contribution is 0.0907. The van der Waals surface area contributed by atoms with Crippen molar-refractivity contribution >= 4 is 17.1 Å². The van der Waals surface area contributed by atoms with Crippen LogP contribution in [0.1, 0.15) is 48.8 Å². The van der Waals surface area contributed by atoms with Crippen molar-refractivity contribution in [2.75, 3.05) is 13.1 Å². The van der Waals surface area contributed by atoms with Crippen molar-refractivity contribution in [2.45, 2.75) is 51.7 Å². The second kappa shape index (κ2) is 9.11. The van der Waals surface area contributed by atoms with Crippen LogP contribution in [0.2, 0.25) is 0 Å². The minimum absolute atomic E-state index is 0.101. The summed E-state index contributed by atoms with van der Waals surface area (Å²) in [5.74, 6) is 0.648. The molecule has 0 unspecified atom stereocenters. The lowest BCUT2D eigenvalue weighted by atomic mass is 10.0. The van der Waals surface area contributed by atoms with E-state index in [4.69, 9.17) is 0 Å². The molecule has 4 heterocycles. The van der Waals surface area contributed by atoms with Crippen molar-refractivity contribution in [3.8, 4) is 0 Å². The predicted octanol–water partition coefficient (Wildman–Crippen LogP) is 0.351. The summed E-state index contributed by atoms with van der Waals surface area (Å²) in [6.45, 7) is 4.78. The Kier molecular flexibility index (Phi) is 6.26. The molecule has 1 fully saturated rings. The zero-order chi connectivity index (χ0) is 22.8. The smallest absolute Gasteiger partial charge is 0.330 e. The van der Waals surface area contributed by atoms with Crippen LogP contribution >= 0.6 is 0 Å². The van der Waals surface area contributed by atoms with Crippen LogP contribution in [0.3, 0.4) is 0 Å². The fraction of sp³-hybridized carbons (Fsp3) is 0.571. The van der Waals surface area contributed by atoms with Gasteiger partial charge in [-0.05, 0) is 19.3 Å². The summed E-state index contributed by atoms with van der Waals surface area (Å²) in [7, 11) is 3.60. The summed E-state index contributed by atoms with van der Waals surface area (Å²) < 4.78 is 4.96. The van der Waals surface area contributed by atoms with Crippen LogP contribution in [0.15, 0.2) is 22.0 Å².